The van der Waals surface area contributed by atoms with Gasteiger partial charge in [0.25, 0.3) is 5.91 Å². The number of halogens is 1. The van der Waals surface area contributed by atoms with Crippen molar-refractivity contribution in [2.45, 2.75) is 19.4 Å². The number of morpholine rings is 1. The summed E-state index contributed by atoms with van der Waals surface area (Å²) in [6.07, 6.45) is 7.34. The fourth-order valence-corrected chi connectivity index (χ4v) is 4.13. The first-order chi connectivity index (χ1) is 16.4. The predicted octanol–water partition coefficient (Wildman–Crippen LogP) is 4.14. The van der Waals surface area contributed by atoms with Crippen molar-refractivity contribution in [3.05, 3.63) is 83.7 Å². The van der Waals surface area contributed by atoms with Crippen molar-refractivity contribution < 1.29 is 18.7 Å². The fourth-order valence-electron chi connectivity index (χ4n) is 4.13. The van der Waals surface area contributed by atoms with Crippen molar-refractivity contribution >= 4 is 17.8 Å². The number of imidazole rings is 1. The van der Waals surface area contributed by atoms with Gasteiger partial charge in [0.2, 0.25) is 0 Å². The molecule has 8 heteroatoms. The normalized spacial score (nSPS) is 19.1. The second-order valence-electron chi connectivity index (χ2n) is 8.27. The summed E-state index contributed by atoms with van der Waals surface area (Å²) in [6.45, 7) is 4.04. The molecule has 0 radical (unpaired) electrons. The summed E-state index contributed by atoms with van der Waals surface area (Å²) >= 11 is 0. The van der Waals surface area contributed by atoms with E-state index >= 15 is 0 Å². The molecule has 1 atom stereocenters. The van der Waals surface area contributed by atoms with Gasteiger partial charge in [0.15, 0.2) is 0 Å². The number of aryl methyl sites for hydroxylation is 1. The molecule has 1 saturated heterocycles. The SMILES string of the molecule is CN=C(C=Cc1ccc(-n2cnc(C)c2)c(OC)c1)N1C(=O)COCC1(C)c1ccc(F)cc1. The molecule has 1 aliphatic heterocycles. The zero-order chi connectivity index (χ0) is 24.3. The lowest BCUT2D eigenvalue weighted by atomic mass is 9.89. The number of aromatic nitrogens is 2. The first kappa shape index (κ1) is 23.4. The molecule has 0 aliphatic carbocycles. The summed E-state index contributed by atoms with van der Waals surface area (Å²) in [4.78, 5) is 23.2. The van der Waals surface area contributed by atoms with Crippen LogP contribution in [0.3, 0.4) is 0 Å². The van der Waals surface area contributed by atoms with E-state index < -0.39 is 5.54 Å². The molecule has 176 valence electrons. The molecule has 3 aromatic rings. The quantitative estimate of drug-likeness (QED) is 0.422. The van der Waals surface area contributed by atoms with Crippen LogP contribution in [0.25, 0.3) is 11.8 Å². The maximum absolute atomic E-state index is 13.5. The highest BCUT2D eigenvalue weighted by molar-refractivity contribution is 6.07. The number of hydrogen-bond donors (Lipinski definition) is 0. The van der Waals surface area contributed by atoms with Gasteiger partial charge in [-0.15, -0.1) is 0 Å². The highest BCUT2D eigenvalue weighted by Crippen LogP contribution is 2.33. The lowest BCUT2D eigenvalue weighted by Gasteiger charge is -2.44. The van der Waals surface area contributed by atoms with Crippen LogP contribution >= 0.6 is 0 Å². The zero-order valence-corrected chi connectivity index (χ0v) is 19.7. The van der Waals surface area contributed by atoms with E-state index in [1.165, 1.54) is 12.1 Å². The van der Waals surface area contributed by atoms with Crippen LogP contribution in [0.2, 0.25) is 0 Å². The van der Waals surface area contributed by atoms with Crippen LogP contribution in [0.1, 0.15) is 23.7 Å². The molecule has 4 rings (SSSR count). The second-order valence-corrected chi connectivity index (χ2v) is 8.27. The van der Waals surface area contributed by atoms with Gasteiger partial charge in [-0.05, 0) is 55.3 Å². The van der Waals surface area contributed by atoms with Gasteiger partial charge in [-0.1, -0.05) is 24.3 Å². The molecule has 7 nitrogen and oxygen atoms in total. The Morgan fingerprint density at radius 3 is 2.68 bits per heavy atom. The molecule has 0 spiro atoms. The minimum Gasteiger partial charge on any atom is -0.495 e. The molecular weight excluding hydrogens is 435 g/mol. The third-order valence-electron chi connectivity index (χ3n) is 5.89. The first-order valence-corrected chi connectivity index (χ1v) is 10.9. The third kappa shape index (κ3) is 4.49. The number of nitrogens with zero attached hydrogens (tertiary/aromatic N) is 4. The molecular formula is C26H27FN4O3. The fraction of sp³-hybridized carbons (Fsp3) is 0.269. The molecule has 1 aromatic heterocycles. The highest BCUT2D eigenvalue weighted by atomic mass is 19.1. The molecule has 0 bridgehead atoms. The Morgan fingerprint density at radius 1 is 1.26 bits per heavy atom. The van der Waals surface area contributed by atoms with Crippen molar-refractivity contribution in [3.8, 4) is 11.4 Å². The number of carbonyl (C=O) groups is 1. The van der Waals surface area contributed by atoms with Crippen LogP contribution < -0.4 is 4.74 Å². The maximum Gasteiger partial charge on any atom is 0.255 e. The average molecular weight is 463 g/mol. The number of benzene rings is 2. The lowest BCUT2D eigenvalue weighted by Crippen LogP contribution is -2.57. The van der Waals surface area contributed by atoms with Gasteiger partial charge in [0.1, 0.15) is 24.0 Å². The summed E-state index contributed by atoms with van der Waals surface area (Å²) in [7, 11) is 3.26. The van der Waals surface area contributed by atoms with Crippen LogP contribution in [-0.2, 0) is 15.1 Å². The van der Waals surface area contributed by atoms with Crippen molar-refractivity contribution in [1.82, 2.24) is 14.5 Å². The van der Waals surface area contributed by atoms with Crippen LogP contribution in [0.4, 0.5) is 4.39 Å². The number of amides is 1. The number of rotatable bonds is 5. The van der Waals surface area contributed by atoms with Gasteiger partial charge >= 0.3 is 0 Å². The summed E-state index contributed by atoms with van der Waals surface area (Å²) in [5.74, 6) is 0.614. The number of aliphatic imine (C=N–C) groups is 1. The minimum absolute atomic E-state index is 0.0452. The van der Waals surface area contributed by atoms with Crippen LogP contribution in [-0.4, -0.2) is 53.6 Å². The first-order valence-electron chi connectivity index (χ1n) is 10.9. The van der Waals surface area contributed by atoms with E-state index in [1.54, 1.807) is 43.6 Å². The van der Waals surface area contributed by atoms with Crippen molar-refractivity contribution in [1.29, 1.82) is 0 Å². The molecule has 0 saturated carbocycles. The average Bonchev–Trinajstić information content (AvgIpc) is 3.27. The van der Waals surface area contributed by atoms with Crippen LogP contribution in [0.15, 0.2) is 66.1 Å². The van der Waals surface area contributed by atoms with E-state index in [-0.39, 0.29) is 24.9 Å². The molecule has 1 fully saturated rings. The number of amidine groups is 1. The number of methoxy groups -OCH3 is 1. The Balaban J connectivity index is 1.65. The Hall–Kier alpha value is -3.78. The van der Waals surface area contributed by atoms with Gasteiger partial charge in [0.05, 0.1) is 37.0 Å². The van der Waals surface area contributed by atoms with Crippen molar-refractivity contribution in [2.24, 2.45) is 4.99 Å². The Kier molecular flexibility index (Phi) is 6.61. The smallest absolute Gasteiger partial charge is 0.255 e. The van der Waals surface area contributed by atoms with Gasteiger partial charge < -0.3 is 14.0 Å². The number of carbonyl (C=O) groups excluding carboxylic acids is 1. The molecule has 1 amide bonds. The largest absolute Gasteiger partial charge is 0.495 e. The molecule has 1 aliphatic rings. The maximum atomic E-state index is 13.5. The second kappa shape index (κ2) is 9.61. The highest BCUT2D eigenvalue weighted by Gasteiger charge is 2.43. The Morgan fingerprint density at radius 2 is 2.03 bits per heavy atom. The Bertz CT molecular complexity index is 1250. The van der Waals surface area contributed by atoms with E-state index in [9.17, 15) is 9.18 Å². The lowest BCUT2D eigenvalue weighted by molar-refractivity contribution is -0.148. The van der Waals surface area contributed by atoms with Crippen LogP contribution in [0, 0.1) is 12.7 Å². The predicted molar refractivity (Wildman–Crippen MR) is 129 cm³/mol. The molecule has 2 heterocycles. The van der Waals surface area contributed by atoms with E-state index in [4.69, 9.17) is 9.47 Å². The zero-order valence-electron chi connectivity index (χ0n) is 19.7. The summed E-state index contributed by atoms with van der Waals surface area (Å²) in [5, 5.41) is 0. The summed E-state index contributed by atoms with van der Waals surface area (Å²) in [6, 6.07) is 11.9. The number of ether oxygens (including phenoxy) is 2. The van der Waals surface area contributed by atoms with Gasteiger partial charge in [-0.2, -0.15) is 0 Å². The number of hydrogen-bond acceptors (Lipinski definition) is 5. The summed E-state index contributed by atoms with van der Waals surface area (Å²) < 4.78 is 26.6. The monoisotopic (exact) mass is 462 g/mol. The van der Waals surface area contributed by atoms with E-state index in [0.717, 1.165) is 22.5 Å². The van der Waals surface area contributed by atoms with Crippen LogP contribution in [0.5, 0.6) is 5.75 Å². The molecule has 0 N–H and O–H groups in total. The van der Waals surface area contributed by atoms with Crippen molar-refractivity contribution in [2.75, 3.05) is 27.4 Å². The third-order valence-corrected chi connectivity index (χ3v) is 5.89. The standard InChI is InChI=1S/C26H27FN4O3/c1-18-14-30(17-29-18)22-11-5-19(13-23(22)33-4)6-12-24(28-3)31-25(32)15-34-16-26(31,2)20-7-9-21(27)10-8-20/h5-14,17H,15-16H2,1-4H3. The van der Waals surface area contributed by atoms with Gasteiger partial charge in [-0.3, -0.25) is 14.7 Å². The van der Waals surface area contributed by atoms with E-state index in [1.807, 2.05) is 48.9 Å². The van der Waals surface area contributed by atoms with E-state index in [0.29, 0.717) is 11.6 Å². The minimum atomic E-state index is -0.830. The molecule has 34 heavy (non-hydrogen) atoms. The van der Waals surface area contributed by atoms with Gasteiger partial charge in [0, 0.05) is 13.2 Å². The topological polar surface area (TPSA) is 69.0 Å². The Labute approximate surface area is 198 Å². The summed E-state index contributed by atoms with van der Waals surface area (Å²) in [5.41, 5.74) is 2.59. The van der Waals surface area contributed by atoms with Crippen molar-refractivity contribution in [3.63, 3.8) is 0 Å². The molecule has 1 unspecified atom stereocenters. The van der Waals surface area contributed by atoms with E-state index in [2.05, 4.69) is 9.98 Å². The van der Waals surface area contributed by atoms with Gasteiger partial charge in [-0.25, -0.2) is 9.37 Å². The molecule has 2 aromatic carbocycles.